The fraction of sp³-hybridized carbons (Fsp3) is 0.355. The molecule has 2 aliphatic rings. The molecule has 0 bridgehead atoms. The smallest absolute Gasteiger partial charge is 0.262 e. The number of para-hydroxylation sites is 1. The zero-order valence-corrected chi connectivity index (χ0v) is 22.1. The second-order valence-corrected chi connectivity index (χ2v) is 10.3. The molecule has 1 unspecified atom stereocenters. The van der Waals surface area contributed by atoms with Crippen LogP contribution >= 0.6 is 0 Å². The summed E-state index contributed by atoms with van der Waals surface area (Å²) in [6.45, 7) is 3.26. The average Bonchev–Trinajstić information content (AvgIpc) is 3.56. The van der Waals surface area contributed by atoms with Crippen molar-refractivity contribution in [1.29, 1.82) is 0 Å². The zero-order chi connectivity index (χ0) is 26.7. The number of aliphatic hydroxyl groups excluding tert-OH is 1. The first-order chi connectivity index (χ1) is 18.5. The number of aromatic nitrogens is 1. The van der Waals surface area contributed by atoms with Crippen LogP contribution in [0.25, 0.3) is 5.69 Å². The monoisotopic (exact) mass is 513 g/mol. The second-order valence-electron chi connectivity index (χ2n) is 10.3. The van der Waals surface area contributed by atoms with E-state index in [9.17, 15) is 14.7 Å². The summed E-state index contributed by atoms with van der Waals surface area (Å²) in [4.78, 5) is 28.5. The van der Waals surface area contributed by atoms with E-state index in [0.29, 0.717) is 24.4 Å². The number of aliphatic hydroxyl groups is 1. The van der Waals surface area contributed by atoms with Gasteiger partial charge in [0.15, 0.2) is 0 Å². The van der Waals surface area contributed by atoms with Crippen molar-refractivity contribution in [2.24, 2.45) is 5.41 Å². The molecule has 38 heavy (non-hydrogen) atoms. The lowest BCUT2D eigenvalue weighted by Crippen LogP contribution is -2.33. The predicted molar refractivity (Wildman–Crippen MR) is 148 cm³/mol. The van der Waals surface area contributed by atoms with Crippen molar-refractivity contribution < 1.29 is 19.4 Å². The van der Waals surface area contributed by atoms with E-state index in [2.05, 4.69) is 24.4 Å². The fourth-order valence-electron chi connectivity index (χ4n) is 5.68. The van der Waals surface area contributed by atoms with Crippen LogP contribution < -0.4 is 15.0 Å². The first-order valence-corrected chi connectivity index (χ1v) is 13.3. The van der Waals surface area contributed by atoms with Crippen LogP contribution in [0.15, 0.2) is 72.6 Å². The fourth-order valence-corrected chi connectivity index (χ4v) is 5.68. The summed E-state index contributed by atoms with van der Waals surface area (Å²) in [5.41, 5.74) is 4.90. The molecule has 0 fully saturated rings. The molecule has 1 aliphatic heterocycles. The van der Waals surface area contributed by atoms with E-state index in [-0.39, 0.29) is 23.8 Å². The molecule has 3 aromatic rings. The minimum Gasteiger partial charge on any atom is -0.496 e. The number of fused-ring (bicyclic) bond motifs is 1. The summed E-state index contributed by atoms with van der Waals surface area (Å²) in [6, 6.07) is 15.5. The summed E-state index contributed by atoms with van der Waals surface area (Å²) in [7, 11) is 1.57. The lowest BCUT2D eigenvalue weighted by molar-refractivity contribution is -0.117. The van der Waals surface area contributed by atoms with Gasteiger partial charge in [0.05, 0.1) is 19.3 Å². The Labute approximate surface area is 223 Å². The number of carbonyl (C=O) groups is 2. The molecule has 7 nitrogen and oxygen atoms in total. The molecule has 2 heterocycles. The number of benzene rings is 2. The highest BCUT2D eigenvalue weighted by Gasteiger charge is 2.39. The number of hydrogen-bond donors (Lipinski definition) is 2. The molecule has 7 heteroatoms. The number of hydrogen-bond acceptors (Lipinski definition) is 4. The summed E-state index contributed by atoms with van der Waals surface area (Å²) in [5, 5.41) is 12.4. The van der Waals surface area contributed by atoms with Crippen molar-refractivity contribution in [3.63, 3.8) is 0 Å². The maximum atomic E-state index is 14.0. The molecule has 0 saturated heterocycles. The van der Waals surface area contributed by atoms with Crippen LogP contribution in [-0.2, 0) is 17.8 Å². The number of amides is 2. The maximum absolute atomic E-state index is 14.0. The van der Waals surface area contributed by atoms with Crippen LogP contribution in [0.3, 0.4) is 0 Å². The predicted octanol–water partition coefficient (Wildman–Crippen LogP) is 4.80. The van der Waals surface area contributed by atoms with Gasteiger partial charge >= 0.3 is 0 Å². The Bertz CT molecular complexity index is 1370. The van der Waals surface area contributed by atoms with Crippen LogP contribution in [-0.4, -0.2) is 41.7 Å². The Morgan fingerprint density at radius 2 is 1.97 bits per heavy atom. The van der Waals surface area contributed by atoms with Gasteiger partial charge in [-0.1, -0.05) is 31.2 Å². The molecule has 198 valence electrons. The second kappa shape index (κ2) is 10.9. The molecular formula is C31H35N3O4. The van der Waals surface area contributed by atoms with Gasteiger partial charge in [-0.15, -0.1) is 0 Å². The van der Waals surface area contributed by atoms with Crippen LogP contribution in [0.5, 0.6) is 5.75 Å². The molecule has 1 spiro atoms. The lowest BCUT2D eigenvalue weighted by atomic mass is 9.79. The highest BCUT2D eigenvalue weighted by molar-refractivity contribution is 6.08. The Morgan fingerprint density at radius 3 is 2.74 bits per heavy atom. The molecule has 2 amide bonds. The summed E-state index contributed by atoms with van der Waals surface area (Å²) in [5.74, 6) is 0.427. The highest BCUT2D eigenvalue weighted by atomic mass is 16.5. The zero-order valence-electron chi connectivity index (χ0n) is 22.1. The standard InChI is InChI=1S/C31H35N3O4/c1-3-14-32-29(36)24-10-12-31(19-24)13-16-34(27-7-5-4-6-23(27)18-31)30(37)26-9-8-25(17-28(26)38-2)33-15-11-22(20-33)21-35/h4-9,11,15,17,19-20,35H,3,10,12-14,16,18,21H2,1-2H3,(H,32,36). The van der Waals surface area contributed by atoms with Crippen molar-refractivity contribution in [2.75, 3.05) is 25.1 Å². The van der Waals surface area contributed by atoms with Gasteiger partial charge in [0.2, 0.25) is 5.91 Å². The van der Waals surface area contributed by atoms with Gasteiger partial charge in [-0.05, 0) is 72.9 Å². The molecule has 2 N–H and O–H groups in total. The largest absolute Gasteiger partial charge is 0.496 e. The van der Waals surface area contributed by atoms with Crippen molar-refractivity contribution in [2.45, 2.75) is 45.6 Å². The minimum absolute atomic E-state index is 0.0311. The van der Waals surface area contributed by atoms with Crippen LogP contribution in [0.1, 0.15) is 54.1 Å². The topological polar surface area (TPSA) is 83.8 Å². The number of rotatable bonds is 7. The average molecular weight is 514 g/mol. The number of ether oxygens (including phenoxy) is 1. The number of allylic oxidation sites excluding steroid dienone is 1. The Balaban J connectivity index is 1.44. The van der Waals surface area contributed by atoms with Crippen LogP contribution in [0.4, 0.5) is 5.69 Å². The van der Waals surface area contributed by atoms with E-state index < -0.39 is 0 Å². The number of methoxy groups -OCH3 is 1. The lowest BCUT2D eigenvalue weighted by Gasteiger charge is -2.26. The van der Waals surface area contributed by atoms with Gasteiger partial charge < -0.3 is 24.6 Å². The van der Waals surface area contributed by atoms with Gasteiger partial charge in [-0.25, -0.2) is 0 Å². The van der Waals surface area contributed by atoms with E-state index in [1.54, 1.807) is 7.11 Å². The Kier molecular flexibility index (Phi) is 7.38. The normalized spacial score (nSPS) is 18.6. The van der Waals surface area contributed by atoms with Gasteiger partial charge in [0.25, 0.3) is 5.91 Å². The first-order valence-electron chi connectivity index (χ1n) is 13.3. The quantitative estimate of drug-likeness (QED) is 0.475. The van der Waals surface area contributed by atoms with Crippen molar-refractivity contribution >= 4 is 17.5 Å². The summed E-state index contributed by atoms with van der Waals surface area (Å²) in [6.07, 6.45) is 10.1. The van der Waals surface area contributed by atoms with E-state index in [1.165, 1.54) is 0 Å². The molecule has 1 aromatic heterocycles. The van der Waals surface area contributed by atoms with Crippen molar-refractivity contribution in [3.8, 4) is 11.4 Å². The van der Waals surface area contributed by atoms with E-state index in [0.717, 1.165) is 60.2 Å². The number of nitrogens with zero attached hydrogens (tertiary/aromatic N) is 2. The first kappa shape index (κ1) is 25.8. The maximum Gasteiger partial charge on any atom is 0.262 e. The van der Waals surface area contributed by atoms with Gasteiger partial charge in [0.1, 0.15) is 5.75 Å². The minimum atomic E-state index is -0.142. The van der Waals surface area contributed by atoms with Crippen molar-refractivity contribution in [1.82, 2.24) is 9.88 Å². The molecule has 2 aromatic carbocycles. The molecule has 1 atom stereocenters. The summed E-state index contributed by atoms with van der Waals surface area (Å²) >= 11 is 0. The molecule has 5 rings (SSSR count). The SMILES string of the molecule is CCCNC(=O)C1=CC2(CC1)CCN(C(=O)c1ccc(-n3ccc(CO)c3)cc1OC)c1ccccc1C2. The number of anilines is 1. The Morgan fingerprint density at radius 1 is 1.13 bits per heavy atom. The molecular weight excluding hydrogens is 478 g/mol. The number of nitrogens with one attached hydrogen (secondary N) is 1. The molecule has 1 aliphatic carbocycles. The van der Waals surface area contributed by atoms with Crippen LogP contribution in [0, 0.1) is 5.41 Å². The third kappa shape index (κ3) is 4.98. The third-order valence-electron chi connectivity index (χ3n) is 7.75. The molecule has 0 radical (unpaired) electrons. The molecule has 0 saturated carbocycles. The number of carbonyl (C=O) groups excluding carboxylic acids is 2. The van der Waals surface area contributed by atoms with E-state index in [1.807, 2.05) is 64.3 Å². The summed E-state index contributed by atoms with van der Waals surface area (Å²) < 4.78 is 7.57. The van der Waals surface area contributed by atoms with Gasteiger partial charge in [0, 0.05) is 48.5 Å². The van der Waals surface area contributed by atoms with Gasteiger partial charge in [-0.2, -0.15) is 0 Å². The highest BCUT2D eigenvalue weighted by Crippen LogP contribution is 2.46. The van der Waals surface area contributed by atoms with Crippen LogP contribution in [0.2, 0.25) is 0 Å². The van der Waals surface area contributed by atoms with E-state index >= 15 is 0 Å². The third-order valence-corrected chi connectivity index (χ3v) is 7.75. The van der Waals surface area contributed by atoms with E-state index in [4.69, 9.17) is 4.74 Å². The van der Waals surface area contributed by atoms with Gasteiger partial charge in [-0.3, -0.25) is 9.59 Å². The van der Waals surface area contributed by atoms with Crippen molar-refractivity contribution in [3.05, 3.63) is 89.3 Å². The Hall–Kier alpha value is -3.84.